The van der Waals surface area contributed by atoms with Crippen molar-refractivity contribution in [2.45, 2.75) is 32.7 Å². The van der Waals surface area contributed by atoms with Gasteiger partial charge in [0.05, 0.1) is 29.7 Å². The fraction of sp³-hybridized carbons (Fsp3) is 0.636. The van der Waals surface area contributed by atoms with E-state index in [1.165, 1.54) is 0 Å². The van der Waals surface area contributed by atoms with Crippen molar-refractivity contribution in [3.63, 3.8) is 0 Å². The average molecular weight is 207 g/mol. The molecule has 2 heterocycles. The highest BCUT2D eigenvalue weighted by molar-refractivity contribution is 5.37. The Labute approximate surface area is 90.1 Å². The van der Waals surface area contributed by atoms with E-state index in [9.17, 15) is 0 Å². The molecular formula is C11H17N3O. The van der Waals surface area contributed by atoms with Crippen molar-refractivity contribution in [3.8, 4) is 0 Å². The monoisotopic (exact) mass is 207 g/mol. The van der Waals surface area contributed by atoms with E-state index in [1.807, 2.05) is 13.8 Å². The summed E-state index contributed by atoms with van der Waals surface area (Å²) < 4.78 is 5.38. The third kappa shape index (κ3) is 2.26. The van der Waals surface area contributed by atoms with Crippen LogP contribution in [0.4, 0.5) is 5.82 Å². The lowest BCUT2D eigenvalue weighted by Crippen LogP contribution is -2.35. The van der Waals surface area contributed by atoms with Gasteiger partial charge in [-0.3, -0.25) is 4.98 Å². The molecule has 15 heavy (non-hydrogen) atoms. The molecule has 82 valence electrons. The molecule has 1 atom stereocenters. The zero-order chi connectivity index (χ0) is 10.9. The molecule has 0 radical (unpaired) electrons. The van der Waals surface area contributed by atoms with Crippen LogP contribution >= 0.6 is 0 Å². The van der Waals surface area contributed by atoms with Crippen LogP contribution in [0.2, 0.25) is 0 Å². The van der Waals surface area contributed by atoms with Gasteiger partial charge in [-0.2, -0.15) is 0 Å². The lowest BCUT2D eigenvalue weighted by Gasteiger charge is -2.24. The highest BCUT2D eigenvalue weighted by atomic mass is 16.5. The summed E-state index contributed by atoms with van der Waals surface area (Å²) in [5, 5.41) is 3.39. The Kier molecular flexibility index (Phi) is 2.61. The molecule has 4 nitrogen and oxygen atoms in total. The lowest BCUT2D eigenvalue weighted by atomic mass is 10.0. The van der Waals surface area contributed by atoms with Crippen molar-refractivity contribution in [2.24, 2.45) is 0 Å². The molecule has 0 aromatic carbocycles. The van der Waals surface area contributed by atoms with Crippen LogP contribution in [-0.2, 0) is 4.74 Å². The summed E-state index contributed by atoms with van der Waals surface area (Å²) in [5.74, 6) is 0.839. The summed E-state index contributed by atoms with van der Waals surface area (Å²) >= 11 is 0. The molecule has 0 saturated carbocycles. The molecule has 1 aromatic rings. The van der Waals surface area contributed by atoms with Gasteiger partial charge < -0.3 is 10.1 Å². The molecule has 1 aliphatic heterocycles. The highest BCUT2D eigenvalue weighted by Crippen LogP contribution is 2.22. The van der Waals surface area contributed by atoms with E-state index in [0.29, 0.717) is 0 Å². The molecule has 1 N–H and O–H groups in total. The normalized spacial score (nSPS) is 25.5. The van der Waals surface area contributed by atoms with Gasteiger partial charge in [-0.25, -0.2) is 4.98 Å². The summed E-state index contributed by atoms with van der Waals surface area (Å²) in [4.78, 5) is 8.74. The summed E-state index contributed by atoms with van der Waals surface area (Å²) in [6.45, 7) is 7.65. The maximum absolute atomic E-state index is 5.38. The van der Waals surface area contributed by atoms with E-state index >= 15 is 0 Å². The first-order valence-corrected chi connectivity index (χ1v) is 5.25. The number of aromatic nitrogens is 2. The largest absolute Gasteiger partial charge is 0.379 e. The Morgan fingerprint density at radius 2 is 2.20 bits per heavy atom. The second kappa shape index (κ2) is 3.77. The molecule has 1 aromatic heterocycles. The molecule has 4 heteroatoms. The predicted octanol–water partition coefficient (Wildman–Crippen LogP) is 1.68. The quantitative estimate of drug-likeness (QED) is 0.801. The average Bonchev–Trinajstić information content (AvgIpc) is 2.59. The Hall–Kier alpha value is -1.16. The molecule has 2 rings (SSSR count). The van der Waals surface area contributed by atoms with E-state index < -0.39 is 0 Å². The fourth-order valence-corrected chi connectivity index (χ4v) is 1.68. The first-order chi connectivity index (χ1) is 7.09. The number of hydrogen-bond donors (Lipinski definition) is 1. The predicted molar refractivity (Wildman–Crippen MR) is 59.0 cm³/mol. The number of nitrogens with zero attached hydrogens (tertiary/aromatic N) is 2. The molecule has 1 aliphatic rings. The summed E-state index contributed by atoms with van der Waals surface area (Å²) in [7, 11) is 0. The minimum absolute atomic E-state index is 0.0103. The minimum Gasteiger partial charge on any atom is -0.379 e. The maximum Gasteiger partial charge on any atom is 0.145 e. The Morgan fingerprint density at radius 3 is 2.80 bits per heavy atom. The van der Waals surface area contributed by atoms with E-state index in [-0.39, 0.29) is 5.54 Å². The van der Waals surface area contributed by atoms with Crippen molar-refractivity contribution >= 4 is 5.82 Å². The van der Waals surface area contributed by atoms with E-state index in [0.717, 1.165) is 36.8 Å². The van der Waals surface area contributed by atoms with Crippen LogP contribution in [0.1, 0.15) is 24.7 Å². The van der Waals surface area contributed by atoms with Gasteiger partial charge in [0.15, 0.2) is 0 Å². The second-order valence-corrected chi connectivity index (χ2v) is 4.41. The smallest absolute Gasteiger partial charge is 0.145 e. The van der Waals surface area contributed by atoms with Crippen LogP contribution in [0.3, 0.4) is 0 Å². The van der Waals surface area contributed by atoms with Crippen LogP contribution in [0.25, 0.3) is 0 Å². The number of aryl methyl sites for hydroxylation is 2. The van der Waals surface area contributed by atoms with E-state index in [2.05, 4.69) is 22.2 Å². The van der Waals surface area contributed by atoms with Gasteiger partial charge >= 0.3 is 0 Å². The van der Waals surface area contributed by atoms with Gasteiger partial charge in [-0.05, 0) is 27.2 Å². The lowest BCUT2D eigenvalue weighted by molar-refractivity contribution is 0.185. The van der Waals surface area contributed by atoms with Crippen molar-refractivity contribution in [1.82, 2.24) is 9.97 Å². The Bertz CT molecular complexity index is 359. The third-order valence-electron chi connectivity index (χ3n) is 2.84. The van der Waals surface area contributed by atoms with Crippen LogP contribution in [0.5, 0.6) is 0 Å². The van der Waals surface area contributed by atoms with Crippen molar-refractivity contribution in [3.05, 3.63) is 17.6 Å². The minimum atomic E-state index is 0.0103. The first-order valence-electron chi connectivity index (χ1n) is 5.25. The molecule has 0 spiro atoms. The summed E-state index contributed by atoms with van der Waals surface area (Å²) in [6.07, 6.45) is 2.80. The number of rotatable bonds is 2. The topological polar surface area (TPSA) is 47.0 Å². The van der Waals surface area contributed by atoms with Gasteiger partial charge in [-0.1, -0.05) is 0 Å². The molecule has 0 aliphatic carbocycles. The number of anilines is 1. The Morgan fingerprint density at radius 1 is 1.40 bits per heavy atom. The zero-order valence-corrected chi connectivity index (χ0v) is 9.50. The summed E-state index contributed by atoms with van der Waals surface area (Å²) in [6, 6.07) is 0. The van der Waals surface area contributed by atoms with Gasteiger partial charge in [0.2, 0.25) is 0 Å². The molecule has 1 unspecified atom stereocenters. The van der Waals surface area contributed by atoms with Crippen LogP contribution < -0.4 is 5.32 Å². The second-order valence-electron chi connectivity index (χ2n) is 4.41. The van der Waals surface area contributed by atoms with Gasteiger partial charge in [0.1, 0.15) is 5.82 Å². The Balaban J connectivity index is 2.13. The number of ether oxygens (including phenoxy) is 1. The van der Waals surface area contributed by atoms with Gasteiger partial charge in [-0.15, -0.1) is 0 Å². The summed E-state index contributed by atoms with van der Waals surface area (Å²) in [5.41, 5.74) is 1.96. The van der Waals surface area contributed by atoms with Crippen LogP contribution in [0, 0.1) is 13.8 Å². The molecule has 0 amide bonds. The van der Waals surface area contributed by atoms with E-state index in [1.54, 1.807) is 6.20 Å². The zero-order valence-electron chi connectivity index (χ0n) is 9.50. The maximum atomic E-state index is 5.38. The molecular weight excluding hydrogens is 190 g/mol. The van der Waals surface area contributed by atoms with Crippen LogP contribution in [-0.4, -0.2) is 28.7 Å². The first kappa shape index (κ1) is 10.4. The van der Waals surface area contributed by atoms with Crippen molar-refractivity contribution < 1.29 is 4.74 Å². The van der Waals surface area contributed by atoms with Crippen molar-refractivity contribution in [2.75, 3.05) is 18.5 Å². The third-order valence-corrected chi connectivity index (χ3v) is 2.84. The standard InChI is InChI=1S/C11H17N3O/c1-8-9(2)13-10(6-12-8)14-11(3)4-5-15-7-11/h6H,4-5,7H2,1-3H3,(H,13,14). The molecule has 0 bridgehead atoms. The molecule has 1 saturated heterocycles. The van der Waals surface area contributed by atoms with Crippen LogP contribution in [0.15, 0.2) is 6.20 Å². The molecule has 1 fully saturated rings. The number of hydrogen-bond acceptors (Lipinski definition) is 4. The van der Waals surface area contributed by atoms with Crippen molar-refractivity contribution in [1.29, 1.82) is 0 Å². The van der Waals surface area contributed by atoms with Gasteiger partial charge in [0.25, 0.3) is 0 Å². The fourth-order valence-electron chi connectivity index (χ4n) is 1.68. The van der Waals surface area contributed by atoms with Gasteiger partial charge in [0, 0.05) is 6.61 Å². The number of nitrogens with one attached hydrogen (secondary N) is 1. The SMILES string of the molecule is Cc1ncc(NC2(C)CCOC2)nc1C. The van der Waals surface area contributed by atoms with E-state index in [4.69, 9.17) is 4.74 Å². The highest BCUT2D eigenvalue weighted by Gasteiger charge is 2.29.